The highest BCUT2D eigenvalue weighted by molar-refractivity contribution is 6.12. The minimum Gasteiger partial charge on any atom is -0.310 e. The number of benzene rings is 9. The fourth-order valence-electron chi connectivity index (χ4n) is 8.71. The van der Waals surface area contributed by atoms with Crippen LogP contribution in [0.3, 0.4) is 0 Å². The van der Waals surface area contributed by atoms with Gasteiger partial charge in [0.15, 0.2) is 0 Å². The third kappa shape index (κ3) is 5.62. The number of aromatic nitrogens is 2. The number of hydrogen-bond donors (Lipinski definition) is 0. The van der Waals surface area contributed by atoms with Gasteiger partial charge in [-0.05, 0) is 121 Å². The molecule has 0 spiro atoms. The van der Waals surface area contributed by atoms with Crippen LogP contribution < -0.4 is 9.80 Å². The average Bonchev–Trinajstić information content (AvgIpc) is 3.80. The fourth-order valence-corrected chi connectivity index (χ4v) is 8.71. The van der Waals surface area contributed by atoms with Gasteiger partial charge in [-0.25, -0.2) is 0 Å². The molecule has 11 rings (SSSR count). The largest absolute Gasteiger partial charge is 0.310 e. The molecule has 0 fully saturated rings. The zero-order valence-electron chi connectivity index (χ0n) is 31.7. The Labute approximate surface area is 337 Å². The maximum Gasteiger partial charge on any atom is 0.0542 e. The summed E-state index contributed by atoms with van der Waals surface area (Å²) in [7, 11) is 0. The van der Waals surface area contributed by atoms with E-state index in [9.17, 15) is 0 Å². The Bertz CT molecular complexity index is 2910. The minimum absolute atomic E-state index is 1.12. The average molecular weight is 743 g/mol. The molecule has 0 N–H and O–H groups in total. The number of anilines is 6. The summed E-state index contributed by atoms with van der Waals surface area (Å²) < 4.78 is 4.79. The van der Waals surface area contributed by atoms with Gasteiger partial charge in [0.05, 0.1) is 22.1 Å². The van der Waals surface area contributed by atoms with E-state index in [0.29, 0.717) is 0 Å². The second-order valence-electron chi connectivity index (χ2n) is 14.6. The van der Waals surface area contributed by atoms with Crippen LogP contribution in [-0.2, 0) is 0 Å². The molecule has 2 heterocycles. The Balaban J connectivity index is 1.02. The van der Waals surface area contributed by atoms with Crippen molar-refractivity contribution in [2.24, 2.45) is 0 Å². The number of para-hydroxylation sites is 6. The predicted octanol–water partition coefficient (Wildman–Crippen LogP) is 14.8. The first kappa shape index (κ1) is 33.5. The van der Waals surface area contributed by atoms with Crippen molar-refractivity contribution in [2.75, 3.05) is 9.80 Å². The number of rotatable bonds is 8. The van der Waals surface area contributed by atoms with E-state index in [1.54, 1.807) is 0 Å². The molecule has 0 aliphatic rings. The molecule has 0 radical (unpaired) electrons. The lowest BCUT2D eigenvalue weighted by Gasteiger charge is -2.25. The first-order chi connectivity index (χ1) is 28.8. The van der Waals surface area contributed by atoms with E-state index in [4.69, 9.17) is 0 Å². The van der Waals surface area contributed by atoms with E-state index < -0.39 is 0 Å². The van der Waals surface area contributed by atoms with E-state index in [-0.39, 0.29) is 0 Å². The lowest BCUT2D eigenvalue weighted by Crippen LogP contribution is -2.09. The van der Waals surface area contributed by atoms with Crippen molar-refractivity contribution < 1.29 is 0 Å². The summed E-state index contributed by atoms with van der Waals surface area (Å²) in [5, 5.41) is 4.88. The monoisotopic (exact) mass is 742 g/mol. The second-order valence-corrected chi connectivity index (χ2v) is 14.6. The molecule has 0 saturated carbocycles. The molecular weight excluding hydrogens is 705 g/mol. The van der Waals surface area contributed by atoms with E-state index >= 15 is 0 Å². The third-order valence-electron chi connectivity index (χ3n) is 11.3. The van der Waals surface area contributed by atoms with Crippen molar-refractivity contribution in [2.45, 2.75) is 0 Å². The lowest BCUT2D eigenvalue weighted by molar-refractivity contribution is 1.14. The molecule has 58 heavy (non-hydrogen) atoms. The summed E-state index contributed by atoms with van der Waals surface area (Å²) in [6.07, 6.45) is 0. The van der Waals surface area contributed by atoms with Crippen molar-refractivity contribution in [1.29, 1.82) is 0 Å². The van der Waals surface area contributed by atoms with Gasteiger partial charge in [-0.2, -0.15) is 0 Å². The van der Waals surface area contributed by atoms with Gasteiger partial charge in [0.25, 0.3) is 0 Å². The second kappa shape index (κ2) is 14.0. The molecule has 9 aromatic carbocycles. The molecule has 11 aromatic rings. The van der Waals surface area contributed by atoms with Crippen molar-refractivity contribution in [3.05, 3.63) is 231 Å². The smallest absolute Gasteiger partial charge is 0.0542 e. The SMILES string of the molecule is c1ccc(N(c2ccccc2)c2ccc3c(c2)c2ccccc2n3-c2ccc(-n3c4ccccc4c4cc(N(c5ccccc5)c5ccccc5)ccc43)cc2)cc1. The fraction of sp³-hybridized carbons (Fsp3) is 0. The standard InChI is InChI=1S/C54H38N4/c1-5-17-39(18-6-1)55(40-19-7-2-8-20-40)45-33-35-53-49(37-45)47-25-13-15-27-51(47)57(53)43-29-31-44(32-30-43)58-52-28-16-14-26-48(52)50-38-46(34-36-54(50)58)56(41-21-9-3-10-22-41)42-23-11-4-12-24-42/h1-38H. The van der Waals surface area contributed by atoms with Gasteiger partial charge in [-0.1, -0.05) is 109 Å². The summed E-state index contributed by atoms with van der Waals surface area (Å²) in [5.41, 5.74) is 13.7. The molecular formula is C54H38N4. The highest BCUT2D eigenvalue weighted by atomic mass is 15.1. The van der Waals surface area contributed by atoms with Crippen LogP contribution in [0.5, 0.6) is 0 Å². The Morgan fingerprint density at radius 2 is 0.517 bits per heavy atom. The van der Waals surface area contributed by atoms with Crippen LogP contribution in [0, 0.1) is 0 Å². The molecule has 0 atom stereocenters. The summed E-state index contributed by atoms with van der Waals surface area (Å²) in [6, 6.07) is 82.7. The number of fused-ring (bicyclic) bond motifs is 6. The summed E-state index contributed by atoms with van der Waals surface area (Å²) in [6.45, 7) is 0. The van der Waals surface area contributed by atoms with Crippen molar-refractivity contribution >= 4 is 77.7 Å². The van der Waals surface area contributed by atoms with Gasteiger partial charge in [-0.3, -0.25) is 0 Å². The van der Waals surface area contributed by atoms with Gasteiger partial charge >= 0.3 is 0 Å². The predicted molar refractivity (Wildman–Crippen MR) is 244 cm³/mol. The van der Waals surface area contributed by atoms with Crippen molar-refractivity contribution in [3.63, 3.8) is 0 Å². The normalized spacial score (nSPS) is 11.4. The summed E-state index contributed by atoms with van der Waals surface area (Å²) >= 11 is 0. The van der Waals surface area contributed by atoms with E-state index in [1.165, 1.54) is 43.6 Å². The Morgan fingerprint density at radius 3 is 0.862 bits per heavy atom. The van der Waals surface area contributed by atoms with Crippen LogP contribution in [0.2, 0.25) is 0 Å². The molecule has 0 aliphatic carbocycles. The molecule has 274 valence electrons. The van der Waals surface area contributed by atoms with Crippen LogP contribution in [0.15, 0.2) is 231 Å². The van der Waals surface area contributed by atoms with Gasteiger partial charge < -0.3 is 18.9 Å². The molecule has 4 heteroatoms. The lowest BCUT2D eigenvalue weighted by atomic mass is 10.1. The van der Waals surface area contributed by atoms with Crippen LogP contribution >= 0.6 is 0 Å². The Kier molecular flexibility index (Phi) is 8.11. The molecule has 0 unspecified atom stereocenters. The molecule has 0 bridgehead atoms. The van der Waals surface area contributed by atoms with Crippen molar-refractivity contribution in [1.82, 2.24) is 9.13 Å². The topological polar surface area (TPSA) is 16.3 Å². The van der Waals surface area contributed by atoms with Gasteiger partial charge in [0, 0.05) is 67.0 Å². The maximum absolute atomic E-state index is 2.40. The van der Waals surface area contributed by atoms with E-state index in [1.807, 2.05) is 0 Å². The van der Waals surface area contributed by atoms with Crippen LogP contribution in [0.4, 0.5) is 34.1 Å². The molecule has 0 aliphatic heterocycles. The zero-order valence-corrected chi connectivity index (χ0v) is 31.7. The molecule has 2 aromatic heterocycles. The number of hydrogen-bond acceptors (Lipinski definition) is 2. The maximum atomic E-state index is 2.40. The highest BCUT2D eigenvalue weighted by Gasteiger charge is 2.19. The van der Waals surface area contributed by atoms with Crippen molar-refractivity contribution in [3.8, 4) is 11.4 Å². The molecule has 0 saturated heterocycles. The zero-order chi connectivity index (χ0) is 38.4. The summed E-state index contributed by atoms with van der Waals surface area (Å²) in [4.78, 5) is 4.66. The van der Waals surface area contributed by atoms with Crippen LogP contribution in [0.1, 0.15) is 0 Å². The number of nitrogens with zero attached hydrogens (tertiary/aromatic N) is 4. The first-order valence-electron chi connectivity index (χ1n) is 19.8. The molecule has 4 nitrogen and oxygen atoms in total. The van der Waals surface area contributed by atoms with Crippen LogP contribution in [-0.4, -0.2) is 9.13 Å². The Hall–Kier alpha value is -7.82. The Morgan fingerprint density at radius 1 is 0.224 bits per heavy atom. The van der Waals surface area contributed by atoms with Gasteiger partial charge in [0.2, 0.25) is 0 Å². The quantitative estimate of drug-likeness (QED) is 0.154. The summed E-state index contributed by atoms with van der Waals surface area (Å²) in [5.74, 6) is 0. The van der Waals surface area contributed by atoms with E-state index in [0.717, 1.165) is 45.5 Å². The first-order valence-corrected chi connectivity index (χ1v) is 19.8. The van der Waals surface area contributed by atoms with Gasteiger partial charge in [0.1, 0.15) is 0 Å². The third-order valence-corrected chi connectivity index (χ3v) is 11.3. The highest BCUT2D eigenvalue weighted by Crippen LogP contribution is 2.42. The van der Waals surface area contributed by atoms with E-state index in [2.05, 4.69) is 249 Å². The minimum atomic E-state index is 1.12. The van der Waals surface area contributed by atoms with Crippen LogP contribution in [0.25, 0.3) is 55.0 Å². The van der Waals surface area contributed by atoms with Gasteiger partial charge in [-0.15, -0.1) is 0 Å². The molecule has 0 amide bonds.